The van der Waals surface area contributed by atoms with E-state index >= 15 is 0 Å². The molecule has 10 heteroatoms. The van der Waals surface area contributed by atoms with Gasteiger partial charge < -0.3 is 0 Å². The van der Waals surface area contributed by atoms with Gasteiger partial charge in [0.1, 0.15) is 0 Å². The third kappa shape index (κ3) is 4.95. The van der Waals surface area contributed by atoms with Crippen LogP contribution in [-0.4, -0.2) is 8.42 Å². The Morgan fingerprint density at radius 1 is 0.800 bits per heavy atom. The lowest BCUT2D eigenvalue weighted by molar-refractivity contribution is -0.143. The van der Waals surface area contributed by atoms with E-state index in [-0.39, 0.29) is 11.0 Å². The summed E-state index contributed by atoms with van der Waals surface area (Å²) in [6.07, 6.45) is -9.98. The summed E-state index contributed by atoms with van der Waals surface area (Å²) in [5.74, 6) is 0. The second-order valence-corrected chi connectivity index (χ2v) is 6.82. The molecule has 0 aliphatic rings. The fourth-order valence-electron chi connectivity index (χ4n) is 1.98. The molecular weight excluding hydrogens is 372 g/mol. The maximum Gasteiger partial charge on any atom is 0.416 e. The van der Waals surface area contributed by atoms with Crippen LogP contribution >= 0.6 is 0 Å². The lowest BCUT2D eigenvalue weighted by Crippen LogP contribution is -2.24. The molecule has 0 saturated heterocycles. The average molecular weight is 383 g/mol. The first-order valence-corrected chi connectivity index (χ1v) is 8.21. The van der Waals surface area contributed by atoms with E-state index in [4.69, 9.17) is 0 Å². The summed E-state index contributed by atoms with van der Waals surface area (Å²) < 4.78 is 103. The lowest BCUT2D eigenvalue weighted by atomic mass is 10.0. The first kappa shape index (κ1) is 19.3. The predicted molar refractivity (Wildman–Crippen MR) is 76.9 cm³/mol. The first-order valence-electron chi connectivity index (χ1n) is 6.73. The zero-order valence-electron chi connectivity index (χ0n) is 12.3. The van der Waals surface area contributed by atoms with Crippen molar-refractivity contribution in [1.82, 2.24) is 4.72 Å². The first-order chi connectivity index (χ1) is 11.4. The quantitative estimate of drug-likeness (QED) is 0.805. The van der Waals surface area contributed by atoms with Crippen molar-refractivity contribution in [2.45, 2.75) is 23.8 Å². The Balaban J connectivity index is 2.33. The molecule has 0 saturated carbocycles. The van der Waals surface area contributed by atoms with E-state index in [2.05, 4.69) is 0 Å². The molecule has 0 aliphatic heterocycles. The molecule has 0 atom stereocenters. The van der Waals surface area contributed by atoms with Crippen molar-refractivity contribution in [3.8, 4) is 0 Å². The summed E-state index contributed by atoms with van der Waals surface area (Å²) in [5, 5.41) is 0. The van der Waals surface area contributed by atoms with Gasteiger partial charge in [-0.3, -0.25) is 0 Å². The molecule has 0 aliphatic carbocycles. The Bertz CT molecular complexity index is 812. The highest BCUT2D eigenvalue weighted by molar-refractivity contribution is 7.89. The molecule has 25 heavy (non-hydrogen) atoms. The van der Waals surface area contributed by atoms with Crippen LogP contribution in [0.25, 0.3) is 0 Å². The van der Waals surface area contributed by atoms with Gasteiger partial charge in [0.2, 0.25) is 10.0 Å². The number of rotatable bonds is 4. The minimum atomic E-state index is -4.99. The van der Waals surface area contributed by atoms with Gasteiger partial charge in [-0.1, -0.05) is 18.2 Å². The maximum atomic E-state index is 12.8. The summed E-state index contributed by atoms with van der Waals surface area (Å²) in [7, 11) is -4.07. The number of sulfonamides is 1. The molecule has 136 valence electrons. The molecule has 0 unspecified atom stereocenters. The summed E-state index contributed by atoms with van der Waals surface area (Å²) in [5.41, 5.74) is -3.46. The Morgan fingerprint density at radius 3 is 1.72 bits per heavy atom. The van der Waals surface area contributed by atoms with Crippen LogP contribution in [0.1, 0.15) is 16.7 Å². The number of halogens is 6. The van der Waals surface area contributed by atoms with E-state index in [1.54, 1.807) is 6.07 Å². The van der Waals surface area contributed by atoms with Crippen LogP contribution in [0.3, 0.4) is 0 Å². The van der Waals surface area contributed by atoms with Crippen LogP contribution in [0.2, 0.25) is 0 Å². The number of hydrogen-bond donors (Lipinski definition) is 1. The second-order valence-electron chi connectivity index (χ2n) is 5.05. The predicted octanol–water partition coefficient (Wildman–Crippen LogP) is 4.20. The highest BCUT2D eigenvalue weighted by Crippen LogP contribution is 2.36. The number of alkyl halides is 6. The number of nitrogens with one attached hydrogen (secondary N) is 1. The summed E-state index contributed by atoms with van der Waals surface area (Å²) in [6, 6.07) is 7.84. The minimum absolute atomic E-state index is 0.0187. The van der Waals surface area contributed by atoms with Crippen molar-refractivity contribution >= 4 is 10.0 Å². The third-order valence-electron chi connectivity index (χ3n) is 3.17. The molecule has 2 aromatic carbocycles. The number of benzene rings is 2. The summed E-state index contributed by atoms with van der Waals surface area (Å²) >= 11 is 0. The highest BCUT2D eigenvalue weighted by atomic mass is 32.2. The molecule has 0 heterocycles. The van der Waals surface area contributed by atoms with Gasteiger partial charge >= 0.3 is 12.4 Å². The molecule has 0 bridgehead atoms. The average Bonchev–Trinajstić information content (AvgIpc) is 2.52. The fourth-order valence-corrected chi connectivity index (χ4v) is 3.02. The van der Waals surface area contributed by atoms with Gasteiger partial charge in [-0.2, -0.15) is 26.3 Å². The third-order valence-corrected chi connectivity index (χ3v) is 4.58. The largest absolute Gasteiger partial charge is 0.416 e. The molecule has 1 N–H and O–H groups in total. The fraction of sp³-hybridized carbons (Fsp3) is 0.200. The molecule has 2 aromatic rings. The van der Waals surface area contributed by atoms with Crippen LogP contribution < -0.4 is 4.72 Å². The lowest BCUT2D eigenvalue weighted by Gasteiger charge is -2.14. The second kappa shape index (κ2) is 6.68. The standard InChI is InChI=1S/C15H11F6NO2S/c16-14(17,18)11-6-10(7-12(8-11)15(19,20)21)9-22-25(23,24)13-4-2-1-3-5-13/h1-8,22H,9H2. The van der Waals surface area contributed by atoms with E-state index in [0.717, 1.165) is 0 Å². The van der Waals surface area contributed by atoms with Crippen molar-refractivity contribution in [1.29, 1.82) is 0 Å². The SMILES string of the molecule is O=S(=O)(NCc1cc(C(F)(F)F)cc(C(F)(F)F)c1)c1ccccc1. The van der Waals surface area contributed by atoms with Gasteiger partial charge in [-0.05, 0) is 35.9 Å². The Labute approximate surface area is 139 Å². The van der Waals surface area contributed by atoms with Crippen molar-refractivity contribution in [3.63, 3.8) is 0 Å². The van der Waals surface area contributed by atoms with E-state index in [1.807, 2.05) is 4.72 Å². The summed E-state index contributed by atoms with van der Waals surface area (Å²) in [6.45, 7) is -0.718. The van der Waals surface area contributed by atoms with E-state index in [1.165, 1.54) is 24.3 Å². The number of hydrogen-bond acceptors (Lipinski definition) is 2. The smallest absolute Gasteiger partial charge is 0.207 e. The van der Waals surface area contributed by atoms with Gasteiger partial charge in [0.25, 0.3) is 0 Å². The summed E-state index contributed by atoms with van der Waals surface area (Å²) in [4.78, 5) is -0.155. The zero-order valence-corrected chi connectivity index (χ0v) is 13.1. The van der Waals surface area contributed by atoms with Crippen LogP contribution in [-0.2, 0) is 28.9 Å². The van der Waals surface area contributed by atoms with Crippen LogP contribution in [0.4, 0.5) is 26.3 Å². The van der Waals surface area contributed by atoms with Crippen molar-refractivity contribution < 1.29 is 34.8 Å². The molecule has 2 rings (SSSR count). The van der Waals surface area contributed by atoms with Gasteiger partial charge in [-0.25, -0.2) is 13.1 Å². The highest BCUT2D eigenvalue weighted by Gasteiger charge is 2.36. The zero-order chi connectivity index (χ0) is 18.9. The monoisotopic (exact) mass is 383 g/mol. The normalized spacial score (nSPS) is 13.0. The molecule has 0 spiro atoms. The van der Waals surface area contributed by atoms with Gasteiger partial charge in [0, 0.05) is 6.54 Å². The van der Waals surface area contributed by atoms with E-state index in [9.17, 15) is 34.8 Å². The minimum Gasteiger partial charge on any atom is -0.207 e. The van der Waals surface area contributed by atoms with Gasteiger partial charge in [0.15, 0.2) is 0 Å². The maximum absolute atomic E-state index is 12.8. The molecule has 0 fully saturated rings. The van der Waals surface area contributed by atoms with Crippen molar-refractivity contribution in [2.24, 2.45) is 0 Å². The van der Waals surface area contributed by atoms with E-state index in [0.29, 0.717) is 12.1 Å². The molecular formula is C15H11F6NO2S. The Kier molecular flexibility index (Phi) is 5.14. The topological polar surface area (TPSA) is 46.2 Å². The Morgan fingerprint density at radius 2 is 1.28 bits per heavy atom. The molecule has 0 aromatic heterocycles. The molecule has 3 nitrogen and oxygen atoms in total. The van der Waals surface area contributed by atoms with E-state index < -0.39 is 45.6 Å². The van der Waals surface area contributed by atoms with Gasteiger partial charge in [-0.15, -0.1) is 0 Å². The van der Waals surface area contributed by atoms with Crippen LogP contribution in [0.5, 0.6) is 0 Å². The van der Waals surface area contributed by atoms with Crippen molar-refractivity contribution in [2.75, 3.05) is 0 Å². The molecule has 0 amide bonds. The Hall–Kier alpha value is -2.07. The molecule has 0 radical (unpaired) electrons. The van der Waals surface area contributed by atoms with Crippen molar-refractivity contribution in [3.05, 3.63) is 65.2 Å². The van der Waals surface area contributed by atoms with Gasteiger partial charge in [0.05, 0.1) is 16.0 Å². The van der Waals surface area contributed by atoms with Crippen LogP contribution in [0.15, 0.2) is 53.4 Å². The van der Waals surface area contributed by atoms with Crippen LogP contribution in [0, 0.1) is 0 Å².